The van der Waals surface area contributed by atoms with Crippen LogP contribution in [-0.2, 0) is 24.8 Å². The van der Waals surface area contributed by atoms with E-state index in [9.17, 15) is 14.9 Å². The van der Waals surface area contributed by atoms with Gasteiger partial charge in [-0.1, -0.05) is 0 Å². The molecule has 0 aromatic carbocycles. The van der Waals surface area contributed by atoms with Crippen LogP contribution in [0.1, 0.15) is 33.5 Å². The first-order valence-electron chi connectivity index (χ1n) is 7.10. The Labute approximate surface area is 137 Å². The summed E-state index contributed by atoms with van der Waals surface area (Å²) in [4.78, 5) is 30.5. The molecule has 0 bridgehead atoms. The number of nitriles is 1. The molecular weight excluding hydrogens is 314 g/mol. The summed E-state index contributed by atoms with van der Waals surface area (Å²) in [5, 5.41) is 12.7. The maximum absolute atomic E-state index is 12.3. The average Bonchev–Trinajstić information content (AvgIpc) is 3.09. The molecule has 7 nitrogen and oxygen atoms in total. The lowest BCUT2D eigenvalue weighted by Crippen LogP contribution is -2.33. The molecule has 2 amide bonds. The zero-order chi connectivity index (χ0) is 16.6. The lowest BCUT2D eigenvalue weighted by Gasteiger charge is -2.25. The number of carbonyl (C=O) groups excluding carboxylic acids is 2. The minimum atomic E-state index is -0.351. The molecule has 8 heteroatoms. The quantitative estimate of drug-likeness (QED) is 0.904. The number of amides is 2. The molecule has 2 aromatic heterocycles. The van der Waals surface area contributed by atoms with Crippen molar-refractivity contribution >= 4 is 28.2 Å². The molecular formula is C15H15N5O2S. The molecule has 0 saturated carbocycles. The Kier molecular flexibility index (Phi) is 3.88. The minimum absolute atomic E-state index is 0.0150. The number of nitrogens with zero attached hydrogens (tertiary/aromatic N) is 4. The van der Waals surface area contributed by atoms with Crippen LogP contribution in [0.3, 0.4) is 0 Å². The van der Waals surface area contributed by atoms with Crippen molar-refractivity contribution in [3.8, 4) is 6.07 Å². The maximum atomic E-state index is 12.3. The first kappa shape index (κ1) is 15.2. The van der Waals surface area contributed by atoms with E-state index in [0.29, 0.717) is 30.1 Å². The van der Waals surface area contributed by atoms with Crippen LogP contribution in [0.15, 0.2) is 12.4 Å². The number of aromatic nitrogens is 2. The molecule has 3 rings (SSSR count). The molecule has 0 aliphatic carbocycles. The van der Waals surface area contributed by atoms with Crippen molar-refractivity contribution in [2.75, 3.05) is 11.9 Å². The molecule has 3 heterocycles. The summed E-state index contributed by atoms with van der Waals surface area (Å²) in [5.41, 5.74) is 1.43. The van der Waals surface area contributed by atoms with E-state index in [2.05, 4.69) is 16.4 Å². The number of hydrogen-bond acceptors (Lipinski definition) is 5. The second kappa shape index (κ2) is 5.85. The first-order valence-corrected chi connectivity index (χ1v) is 7.91. The van der Waals surface area contributed by atoms with Gasteiger partial charge in [0.05, 0.1) is 12.1 Å². The lowest BCUT2D eigenvalue weighted by molar-refractivity contribution is -0.129. The van der Waals surface area contributed by atoms with Gasteiger partial charge in [-0.05, 0) is 12.0 Å². The topological polar surface area (TPSA) is 91.0 Å². The summed E-state index contributed by atoms with van der Waals surface area (Å²) in [6.45, 7) is 2.62. The number of imidazole rings is 1. The fourth-order valence-corrected chi connectivity index (χ4v) is 3.83. The van der Waals surface area contributed by atoms with Gasteiger partial charge < -0.3 is 14.8 Å². The predicted octanol–water partition coefficient (Wildman–Crippen LogP) is 1.51. The molecule has 1 aliphatic rings. The van der Waals surface area contributed by atoms with E-state index in [1.54, 1.807) is 28.9 Å². The van der Waals surface area contributed by atoms with Crippen LogP contribution in [0.4, 0.5) is 5.00 Å². The Hall–Kier alpha value is -2.66. The number of aryl methyl sites for hydroxylation is 1. The van der Waals surface area contributed by atoms with Gasteiger partial charge in [0, 0.05) is 37.8 Å². The number of anilines is 1. The molecule has 0 fully saturated rings. The Morgan fingerprint density at radius 2 is 2.26 bits per heavy atom. The summed E-state index contributed by atoms with van der Waals surface area (Å²) in [5.74, 6) is -0.0530. The van der Waals surface area contributed by atoms with Crippen LogP contribution < -0.4 is 5.32 Å². The Morgan fingerprint density at radius 3 is 2.87 bits per heavy atom. The highest BCUT2D eigenvalue weighted by molar-refractivity contribution is 7.16. The van der Waals surface area contributed by atoms with Crippen molar-refractivity contribution in [3.05, 3.63) is 34.2 Å². The van der Waals surface area contributed by atoms with E-state index < -0.39 is 0 Å². The third kappa shape index (κ3) is 2.71. The average molecular weight is 329 g/mol. The molecule has 2 aromatic rings. The van der Waals surface area contributed by atoms with E-state index >= 15 is 0 Å². The van der Waals surface area contributed by atoms with E-state index in [1.807, 2.05) is 0 Å². The van der Waals surface area contributed by atoms with Crippen molar-refractivity contribution in [1.29, 1.82) is 5.26 Å². The normalized spacial score (nSPS) is 13.3. The highest BCUT2D eigenvalue weighted by Gasteiger charge is 2.26. The smallest absolute Gasteiger partial charge is 0.292 e. The largest absolute Gasteiger partial charge is 0.337 e. The van der Waals surface area contributed by atoms with E-state index in [-0.39, 0.29) is 17.6 Å². The summed E-state index contributed by atoms with van der Waals surface area (Å²) in [7, 11) is 1.73. The van der Waals surface area contributed by atoms with Gasteiger partial charge in [-0.25, -0.2) is 4.98 Å². The van der Waals surface area contributed by atoms with Gasteiger partial charge in [0.25, 0.3) is 5.91 Å². The summed E-state index contributed by atoms with van der Waals surface area (Å²) < 4.78 is 1.62. The van der Waals surface area contributed by atoms with Gasteiger partial charge in [0.1, 0.15) is 11.1 Å². The zero-order valence-corrected chi connectivity index (χ0v) is 13.6. The van der Waals surface area contributed by atoms with Crippen LogP contribution in [-0.4, -0.2) is 32.8 Å². The standard InChI is InChI=1S/C15H15N5O2S/c1-9(21)20-5-3-10-11(7-16)15(23-12(10)8-20)18-14(22)13-17-4-6-19(13)2/h4,6H,3,5,8H2,1-2H3,(H,18,22). The SMILES string of the molecule is CC(=O)N1CCc2c(sc(NC(=O)c3nccn3C)c2C#N)C1. The van der Waals surface area contributed by atoms with Crippen LogP contribution in [0.2, 0.25) is 0 Å². The van der Waals surface area contributed by atoms with Crippen molar-refractivity contribution < 1.29 is 9.59 Å². The maximum Gasteiger partial charge on any atom is 0.292 e. The third-order valence-corrected chi connectivity index (χ3v) is 5.00. The molecule has 0 atom stereocenters. The van der Waals surface area contributed by atoms with Crippen LogP contribution >= 0.6 is 11.3 Å². The van der Waals surface area contributed by atoms with Gasteiger partial charge in [-0.15, -0.1) is 11.3 Å². The number of thiophene rings is 1. The number of fused-ring (bicyclic) bond motifs is 1. The highest BCUT2D eigenvalue weighted by Crippen LogP contribution is 2.36. The van der Waals surface area contributed by atoms with E-state index in [4.69, 9.17) is 0 Å². The molecule has 0 spiro atoms. The molecule has 1 aliphatic heterocycles. The number of rotatable bonds is 2. The Bertz CT molecular complexity index is 830. The van der Waals surface area contributed by atoms with Crippen molar-refractivity contribution in [2.24, 2.45) is 7.05 Å². The molecule has 0 radical (unpaired) electrons. The minimum Gasteiger partial charge on any atom is -0.337 e. The fourth-order valence-electron chi connectivity index (χ4n) is 2.62. The fraction of sp³-hybridized carbons (Fsp3) is 0.333. The van der Waals surface area contributed by atoms with Gasteiger partial charge in [-0.2, -0.15) is 5.26 Å². The monoisotopic (exact) mass is 329 g/mol. The number of carbonyl (C=O) groups is 2. The summed E-state index contributed by atoms with van der Waals surface area (Å²) in [6.07, 6.45) is 3.86. The number of nitrogens with one attached hydrogen (secondary N) is 1. The van der Waals surface area contributed by atoms with Crippen molar-refractivity contribution in [2.45, 2.75) is 19.9 Å². The molecule has 0 unspecified atom stereocenters. The molecule has 1 N–H and O–H groups in total. The van der Waals surface area contributed by atoms with E-state index in [0.717, 1.165) is 10.4 Å². The van der Waals surface area contributed by atoms with Gasteiger partial charge >= 0.3 is 0 Å². The zero-order valence-electron chi connectivity index (χ0n) is 12.8. The molecule has 118 valence electrons. The van der Waals surface area contributed by atoms with Gasteiger partial charge in [-0.3, -0.25) is 9.59 Å². The lowest BCUT2D eigenvalue weighted by atomic mass is 10.0. The summed E-state index contributed by atoms with van der Waals surface area (Å²) >= 11 is 1.35. The van der Waals surface area contributed by atoms with Crippen molar-refractivity contribution in [3.63, 3.8) is 0 Å². The first-order chi connectivity index (χ1) is 11.0. The van der Waals surface area contributed by atoms with E-state index in [1.165, 1.54) is 18.3 Å². The van der Waals surface area contributed by atoms with Crippen LogP contribution in [0, 0.1) is 11.3 Å². The van der Waals surface area contributed by atoms with Gasteiger partial charge in [0.2, 0.25) is 5.91 Å². The summed E-state index contributed by atoms with van der Waals surface area (Å²) in [6, 6.07) is 2.18. The Balaban J connectivity index is 1.90. The molecule has 23 heavy (non-hydrogen) atoms. The second-order valence-electron chi connectivity index (χ2n) is 5.33. The Morgan fingerprint density at radius 1 is 1.48 bits per heavy atom. The highest BCUT2D eigenvalue weighted by atomic mass is 32.1. The predicted molar refractivity (Wildman–Crippen MR) is 85.0 cm³/mol. The third-order valence-electron chi connectivity index (χ3n) is 3.87. The van der Waals surface area contributed by atoms with Gasteiger partial charge in [0.15, 0.2) is 5.82 Å². The van der Waals surface area contributed by atoms with Crippen LogP contribution in [0.5, 0.6) is 0 Å². The number of hydrogen-bond donors (Lipinski definition) is 1. The van der Waals surface area contributed by atoms with Crippen molar-refractivity contribution in [1.82, 2.24) is 14.5 Å². The second-order valence-corrected chi connectivity index (χ2v) is 6.43. The molecule has 0 saturated heterocycles. The van der Waals surface area contributed by atoms with Crippen LogP contribution in [0.25, 0.3) is 0 Å².